The van der Waals surface area contributed by atoms with Crippen LogP contribution in [0.2, 0.25) is 5.02 Å². The number of nitrogens with zero attached hydrogens (tertiary/aromatic N) is 2. The molecule has 0 aliphatic rings. The Kier molecular flexibility index (Phi) is 3.54. The van der Waals surface area contributed by atoms with Gasteiger partial charge in [0.25, 0.3) is 0 Å². The second kappa shape index (κ2) is 4.85. The first-order valence-corrected chi connectivity index (χ1v) is 6.45. The molecular weight excluding hydrogens is 265 g/mol. The Bertz CT molecular complexity index is 599. The first-order valence-electron chi connectivity index (χ1n) is 6.07. The lowest BCUT2D eigenvalue weighted by Gasteiger charge is -2.16. The Morgan fingerprint density at radius 1 is 1.32 bits per heavy atom. The van der Waals surface area contributed by atoms with Crippen LogP contribution < -0.4 is 5.73 Å². The summed E-state index contributed by atoms with van der Waals surface area (Å²) in [5.41, 5.74) is 6.95. The molecule has 0 amide bonds. The van der Waals surface area contributed by atoms with Crippen LogP contribution in [0, 0.1) is 11.2 Å². The van der Waals surface area contributed by atoms with E-state index in [1.165, 1.54) is 10.7 Å². The number of benzene rings is 1. The lowest BCUT2D eigenvalue weighted by molar-refractivity contribution is 0.405. The molecule has 102 valence electrons. The van der Waals surface area contributed by atoms with E-state index in [1.54, 1.807) is 18.2 Å². The van der Waals surface area contributed by atoms with Crippen LogP contribution in [0.4, 0.5) is 10.2 Å². The third kappa shape index (κ3) is 2.89. The van der Waals surface area contributed by atoms with Gasteiger partial charge in [0.15, 0.2) is 0 Å². The molecule has 5 heteroatoms. The van der Waals surface area contributed by atoms with Gasteiger partial charge in [0.05, 0.1) is 5.69 Å². The normalized spacial score (nSPS) is 11.8. The maximum atomic E-state index is 13.8. The van der Waals surface area contributed by atoms with E-state index in [1.807, 2.05) is 0 Å². The molecule has 19 heavy (non-hydrogen) atoms. The molecule has 1 aromatic heterocycles. The number of rotatable bonds is 2. The van der Waals surface area contributed by atoms with Crippen molar-refractivity contribution in [3.63, 3.8) is 0 Å². The predicted octanol–water partition coefficient (Wildman–Crippen LogP) is 3.84. The van der Waals surface area contributed by atoms with Crippen molar-refractivity contribution in [2.45, 2.75) is 27.2 Å². The highest BCUT2D eigenvalue weighted by Gasteiger charge is 2.21. The molecule has 2 aromatic rings. The summed E-state index contributed by atoms with van der Waals surface area (Å²) in [4.78, 5) is 0. The second-order valence-electron chi connectivity index (χ2n) is 5.75. The van der Waals surface area contributed by atoms with Gasteiger partial charge >= 0.3 is 0 Å². The predicted molar refractivity (Wildman–Crippen MR) is 76.1 cm³/mol. The maximum Gasteiger partial charge on any atom is 0.148 e. The summed E-state index contributed by atoms with van der Waals surface area (Å²) in [6.45, 7) is 6.25. The average molecular weight is 282 g/mol. The number of para-hydroxylation sites is 1. The Hall–Kier alpha value is -1.55. The fraction of sp³-hybridized carbons (Fsp3) is 0.357. The van der Waals surface area contributed by atoms with Crippen molar-refractivity contribution < 1.29 is 4.39 Å². The monoisotopic (exact) mass is 281 g/mol. The highest BCUT2D eigenvalue weighted by Crippen LogP contribution is 2.31. The number of aromatic nitrogens is 2. The molecule has 3 nitrogen and oxygen atoms in total. The molecule has 0 aliphatic heterocycles. The zero-order chi connectivity index (χ0) is 14.2. The van der Waals surface area contributed by atoms with Crippen molar-refractivity contribution in [2.75, 3.05) is 5.73 Å². The maximum absolute atomic E-state index is 13.8. The minimum atomic E-state index is -0.379. The Morgan fingerprint density at radius 3 is 2.53 bits per heavy atom. The second-order valence-corrected chi connectivity index (χ2v) is 6.12. The SMILES string of the molecule is CC(C)(C)Cc1nn(-c2ccccc2F)c(N)c1Cl. The molecule has 0 saturated carbocycles. The molecule has 1 aromatic carbocycles. The minimum absolute atomic E-state index is 0.0322. The lowest BCUT2D eigenvalue weighted by atomic mass is 9.91. The highest BCUT2D eigenvalue weighted by atomic mass is 35.5. The van der Waals surface area contributed by atoms with Gasteiger partial charge in [0.1, 0.15) is 22.3 Å². The third-order valence-corrected chi connectivity index (χ3v) is 3.12. The largest absolute Gasteiger partial charge is 0.382 e. The number of halogens is 2. The zero-order valence-electron chi connectivity index (χ0n) is 11.2. The van der Waals surface area contributed by atoms with Gasteiger partial charge in [-0.25, -0.2) is 9.07 Å². The van der Waals surface area contributed by atoms with Crippen molar-refractivity contribution in [2.24, 2.45) is 5.41 Å². The van der Waals surface area contributed by atoms with Crippen LogP contribution in [0.15, 0.2) is 24.3 Å². The third-order valence-electron chi connectivity index (χ3n) is 2.71. The quantitative estimate of drug-likeness (QED) is 0.909. The number of nitrogens with two attached hydrogens (primary N) is 1. The summed E-state index contributed by atoms with van der Waals surface area (Å²) in [6.07, 6.45) is 0.678. The van der Waals surface area contributed by atoms with E-state index in [-0.39, 0.29) is 17.1 Å². The van der Waals surface area contributed by atoms with Crippen molar-refractivity contribution in [3.8, 4) is 5.69 Å². The lowest BCUT2D eigenvalue weighted by Crippen LogP contribution is -2.10. The van der Waals surface area contributed by atoms with E-state index < -0.39 is 0 Å². The number of nitrogen functional groups attached to an aromatic ring is 1. The Labute approximate surface area is 117 Å². The van der Waals surface area contributed by atoms with Gasteiger partial charge in [-0.2, -0.15) is 5.10 Å². The van der Waals surface area contributed by atoms with Crippen molar-refractivity contribution in [1.82, 2.24) is 9.78 Å². The van der Waals surface area contributed by atoms with Gasteiger partial charge in [-0.1, -0.05) is 44.5 Å². The van der Waals surface area contributed by atoms with E-state index >= 15 is 0 Å². The summed E-state index contributed by atoms with van der Waals surface area (Å²) in [7, 11) is 0. The van der Waals surface area contributed by atoms with Gasteiger partial charge in [-0.3, -0.25) is 0 Å². The molecule has 0 unspecified atom stereocenters. The molecule has 0 saturated heterocycles. The van der Waals surface area contributed by atoms with Crippen LogP contribution in [-0.2, 0) is 6.42 Å². The summed E-state index contributed by atoms with van der Waals surface area (Å²) < 4.78 is 15.1. The summed E-state index contributed by atoms with van der Waals surface area (Å²) in [5.74, 6) is -0.110. The van der Waals surface area contributed by atoms with Crippen LogP contribution in [0.25, 0.3) is 5.69 Å². The van der Waals surface area contributed by atoms with Crippen molar-refractivity contribution >= 4 is 17.4 Å². The first-order chi connectivity index (χ1) is 8.79. The molecule has 0 bridgehead atoms. The average Bonchev–Trinajstić information content (AvgIpc) is 2.56. The topological polar surface area (TPSA) is 43.8 Å². The van der Waals surface area contributed by atoms with Gasteiger partial charge in [-0.15, -0.1) is 0 Å². The Balaban J connectivity index is 2.50. The van der Waals surface area contributed by atoms with Gasteiger partial charge in [0, 0.05) is 0 Å². The molecule has 0 spiro atoms. The van der Waals surface area contributed by atoms with Crippen LogP contribution in [0.1, 0.15) is 26.5 Å². The zero-order valence-corrected chi connectivity index (χ0v) is 12.0. The van der Waals surface area contributed by atoms with Crippen molar-refractivity contribution in [1.29, 1.82) is 0 Å². The number of anilines is 1. The molecule has 2 N–H and O–H groups in total. The first kappa shape index (κ1) is 13.9. The molecule has 0 aliphatic carbocycles. The molecule has 0 atom stereocenters. The minimum Gasteiger partial charge on any atom is -0.382 e. The highest BCUT2D eigenvalue weighted by molar-refractivity contribution is 6.33. The van der Waals surface area contributed by atoms with Crippen LogP contribution in [-0.4, -0.2) is 9.78 Å². The van der Waals surface area contributed by atoms with Gasteiger partial charge in [-0.05, 0) is 24.0 Å². The summed E-state index contributed by atoms with van der Waals surface area (Å²) in [6, 6.07) is 6.34. The van der Waals surface area contributed by atoms with Crippen LogP contribution in [0.5, 0.6) is 0 Å². The molecule has 1 heterocycles. The van der Waals surface area contributed by atoms with E-state index in [0.717, 1.165) is 0 Å². The molecule has 0 fully saturated rings. The Morgan fingerprint density at radius 2 is 1.95 bits per heavy atom. The van der Waals surface area contributed by atoms with E-state index in [9.17, 15) is 4.39 Å². The summed E-state index contributed by atoms with van der Waals surface area (Å²) in [5, 5.41) is 4.75. The molecule has 0 radical (unpaired) electrons. The van der Waals surface area contributed by atoms with E-state index in [0.29, 0.717) is 22.8 Å². The smallest absolute Gasteiger partial charge is 0.148 e. The van der Waals surface area contributed by atoms with Crippen molar-refractivity contribution in [3.05, 3.63) is 40.8 Å². The van der Waals surface area contributed by atoms with E-state index in [4.69, 9.17) is 17.3 Å². The molecular formula is C14H17ClFN3. The van der Waals surface area contributed by atoms with E-state index in [2.05, 4.69) is 25.9 Å². The number of hydrogen-bond donors (Lipinski definition) is 1. The van der Waals surface area contributed by atoms with Gasteiger partial charge < -0.3 is 5.73 Å². The van der Waals surface area contributed by atoms with Crippen LogP contribution in [0.3, 0.4) is 0 Å². The fourth-order valence-corrected chi connectivity index (χ4v) is 2.07. The van der Waals surface area contributed by atoms with Gasteiger partial charge in [0.2, 0.25) is 0 Å². The standard InChI is InChI=1S/C14H17ClFN3/c1-14(2,3)8-10-12(15)13(17)19(18-10)11-7-5-4-6-9(11)16/h4-7H,8,17H2,1-3H3. The molecule has 2 rings (SSSR count). The number of hydrogen-bond acceptors (Lipinski definition) is 2. The fourth-order valence-electron chi connectivity index (χ4n) is 1.88. The summed E-state index contributed by atoms with van der Waals surface area (Å²) >= 11 is 6.19. The van der Waals surface area contributed by atoms with Crippen LogP contribution >= 0.6 is 11.6 Å².